The molecule has 114 valence electrons. The van der Waals surface area contributed by atoms with Gasteiger partial charge in [0, 0.05) is 5.56 Å². The molecule has 3 heteroatoms. The molecule has 2 aromatic carbocycles. The van der Waals surface area contributed by atoms with Crippen LogP contribution in [-0.2, 0) is 0 Å². The smallest absolute Gasteiger partial charge is 0.251 e. The second kappa shape index (κ2) is 6.22. The van der Waals surface area contributed by atoms with Gasteiger partial charge in [-0.25, -0.2) is 0 Å². The zero-order valence-electron chi connectivity index (χ0n) is 13.0. The molecule has 1 saturated carbocycles. The van der Waals surface area contributed by atoms with Gasteiger partial charge in [-0.2, -0.15) is 0 Å². The summed E-state index contributed by atoms with van der Waals surface area (Å²) in [5.41, 5.74) is 3.01. The van der Waals surface area contributed by atoms with E-state index in [9.17, 15) is 4.79 Å². The first-order valence-electron chi connectivity index (χ1n) is 7.69. The van der Waals surface area contributed by atoms with Crippen molar-refractivity contribution in [2.45, 2.75) is 25.8 Å². The van der Waals surface area contributed by atoms with E-state index in [2.05, 4.69) is 5.32 Å². The number of nitrogens with one attached hydrogen (secondary N) is 1. The number of carbonyl (C=O) groups excluding carboxylic acids is 1. The second-order valence-electron chi connectivity index (χ2n) is 5.93. The summed E-state index contributed by atoms with van der Waals surface area (Å²) in [7, 11) is 1.66. The summed E-state index contributed by atoms with van der Waals surface area (Å²) in [4.78, 5) is 12.5. The predicted molar refractivity (Wildman–Crippen MR) is 87.1 cm³/mol. The van der Waals surface area contributed by atoms with E-state index in [1.807, 2.05) is 55.5 Å². The minimum absolute atomic E-state index is 0.00674. The van der Waals surface area contributed by atoms with Gasteiger partial charge in [0.2, 0.25) is 0 Å². The van der Waals surface area contributed by atoms with Crippen molar-refractivity contribution in [3.05, 3.63) is 65.2 Å². The highest BCUT2D eigenvalue weighted by Gasteiger charge is 2.33. The molecule has 0 aromatic heterocycles. The van der Waals surface area contributed by atoms with Crippen LogP contribution < -0.4 is 10.1 Å². The van der Waals surface area contributed by atoms with E-state index in [4.69, 9.17) is 4.74 Å². The summed E-state index contributed by atoms with van der Waals surface area (Å²) >= 11 is 0. The lowest BCUT2D eigenvalue weighted by atomic mass is 10.0. The van der Waals surface area contributed by atoms with Crippen LogP contribution in [0, 0.1) is 12.8 Å². The van der Waals surface area contributed by atoms with Gasteiger partial charge in [0.15, 0.2) is 0 Å². The average molecular weight is 295 g/mol. The van der Waals surface area contributed by atoms with E-state index in [0.29, 0.717) is 11.5 Å². The molecule has 2 aromatic rings. The Morgan fingerprint density at radius 1 is 1.09 bits per heavy atom. The molecule has 0 heterocycles. The number of methoxy groups -OCH3 is 1. The molecule has 0 saturated heterocycles. The minimum Gasteiger partial charge on any atom is -0.497 e. The minimum atomic E-state index is -0.00674. The highest BCUT2D eigenvalue weighted by atomic mass is 16.5. The number of aryl methyl sites for hydroxylation is 1. The zero-order valence-corrected chi connectivity index (χ0v) is 13.0. The molecule has 1 N–H and O–H groups in total. The number of carbonyl (C=O) groups is 1. The van der Waals surface area contributed by atoms with Crippen molar-refractivity contribution in [2.24, 2.45) is 5.92 Å². The van der Waals surface area contributed by atoms with Crippen LogP contribution in [0.25, 0.3) is 0 Å². The molecule has 0 spiro atoms. The maximum atomic E-state index is 12.5. The highest BCUT2D eigenvalue weighted by Crippen LogP contribution is 2.41. The Hall–Kier alpha value is -2.29. The zero-order chi connectivity index (χ0) is 15.5. The number of hydrogen-bond donors (Lipinski definition) is 1. The van der Waals surface area contributed by atoms with Gasteiger partial charge in [0.25, 0.3) is 5.91 Å². The van der Waals surface area contributed by atoms with Crippen molar-refractivity contribution >= 4 is 5.91 Å². The molecule has 1 amide bonds. The molecular formula is C19H21NO2. The van der Waals surface area contributed by atoms with E-state index in [1.54, 1.807) is 7.11 Å². The van der Waals surface area contributed by atoms with Crippen LogP contribution in [0.15, 0.2) is 48.5 Å². The van der Waals surface area contributed by atoms with Crippen LogP contribution in [0.1, 0.15) is 40.4 Å². The molecule has 0 radical (unpaired) electrons. The lowest BCUT2D eigenvalue weighted by Gasteiger charge is -2.19. The Morgan fingerprint density at radius 2 is 1.73 bits per heavy atom. The van der Waals surface area contributed by atoms with Crippen molar-refractivity contribution in [1.82, 2.24) is 5.32 Å². The van der Waals surface area contributed by atoms with Crippen molar-refractivity contribution in [3.8, 4) is 5.75 Å². The summed E-state index contributed by atoms with van der Waals surface area (Å²) < 4.78 is 5.20. The van der Waals surface area contributed by atoms with Crippen molar-refractivity contribution in [1.29, 1.82) is 0 Å². The van der Waals surface area contributed by atoms with Gasteiger partial charge >= 0.3 is 0 Å². The van der Waals surface area contributed by atoms with Crippen LogP contribution in [0.2, 0.25) is 0 Å². The molecule has 0 unspecified atom stereocenters. The Labute approximate surface area is 131 Å². The van der Waals surface area contributed by atoms with Crippen LogP contribution in [0.4, 0.5) is 0 Å². The molecule has 1 aliphatic carbocycles. The third-order valence-corrected chi connectivity index (χ3v) is 4.17. The molecule has 0 bridgehead atoms. The molecule has 22 heavy (non-hydrogen) atoms. The molecule has 1 atom stereocenters. The number of rotatable bonds is 5. The molecule has 3 rings (SSSR count). The van der Waals surface area contributed by atoms with Gasteiger partial charge in [0.1, 0.15) is 5.75 Å². The Bertz CT molecular complexity index is 642. The standard InChI is InChI=1S/C19H21NO2/c1-13-3-5-16(6-4-13)19(21)20-18(14-7-8-14)15-9-11-17(22-2)12-10-15/h3-6,9-12,14,18H,7-8H2,1-2H3,(H,20,21)/t18-/m1/s1. The Kier molecular flexibility index (Phi) is 4.14. The summed E-state index contributed by atoms with van der Waals surface area (Å²) in [6.45, 7) is 2.02. The predicted octanol–water partition coefficient (Wildman–Crippen LogP) is 3.88. The third kappa shape index (κ3) is 3.30. The Balaban J connectivity index is 1.76. The number of amides is 1. The molecule has 1 fully saturated rings. The summed E-state index contributed by atoms with van der Waals surface area (Å²) in [5, 5.41) is 3.19. The summed E-state index contributed by atoms with van der Waals surface area (Å²) in [6.07, 6.45) is 2.34. The molecular weight excluding hydrogens is 274 g/mol. The Morgan fingerprint density at radius 3 is 2.27 bits per heavy atom. The fourth-order valence-corrected chi connectivity index (χ4v) is 2.64. The lowest BCUT2D eigenvalue weighted by molar-refractivity contribution is 0.0931. The summed E-state index contributed by atoms with van der Waals surface area (Å²) in [5.74, 6) is 1.37. The summed E-state index contributed by atoms with van der Waals surface area (Å²) in [6, 6.07) is 15.7. The van der Waals surface area contributed by atoms with Gasteiger partial charge in [-0.3, -0.25) is 4.79 Å². The van der Waals surface area contributed by atoms with E-state index in [1.165, 1.54) is 12.8 Å². The monoisotopic (exact) mass is 295 g/mol. The fraction of sp³-hybridized carbons (Fsp3) is 0.316. The van der Waals surface area contributed by atoms with E-state index >= 15 is 0 Å². The lowest BCUT2D eigenvalue weighted by Crippen LogP contribution is -2.29. The quantitative estimate of drug-likeness (QED) is 0.909. The van der Waals surface area contributed by atoms with Crippen molar-refractivity contribution in [3.63, 3.8) is 0 Å². The maximum absolute atomic E-state index is 12.5. The molecule has 0 aliphatic heterocycles. The number of benzene rings is 2. The topological polar surface area (TPSA) is 38.3 Å². The normalized spacial score (nSPS) is 15.2. The van der Waals surface area contributed by atoms with Crippen LogP contribution in [-0.4, -0.2) is 13.0 Å². The van der Waals surface area contributed by atoms with Gasteiger partial charge in [-0.05, 0) is 55.5 Å². The maximum Gasteiger partial charge on any atom is 0.251 e. The van der Waals surface area contributed by atoms with Gasteiger partial charge in [-0.1, -0.05) is 29.8 Å². The van der Waals surface area contributed by atoms with Crippen molar-refractivity contribution < 1.29 is 9.53 Å². The first-order chi connectivity index (χ1) is 10.7. The average Bonchev–Trinajstić information content (AvgIpc) is 3.38. The van der Waals surface area contributed by atoms with Crippen LogP contribution >= 0.6 is 0 Å². The number of hydrogen-bond acceptors (Lipinski definition) is 2. The SMILES string of the molecule is COc1ccc([C@H](NC(=O)c2ccc(C)cc2)C2CC2)cc1. The first-order valence-corrected chi connectivity index (χ1v) is 7.69. The molecule has 3 nitrogen and oxygen atoms in total. The van der Waals surface area contributed by atoms with Gasteiger partial charge < -0.3 is 10.1 Å². The second-order valence-corrected chi connectivity index (χ2v) is 5.93. The van der Waals surface area contributed by atoms with Crippen LogP contribution in [0.3, 0.4) is 0 Å². The van der Waals surface area contributed by atoms with E-state index in [0.717, 1.165) is 16.9 Å². The van der Waals surface area contributed by atoms with Gasteiger partial charge in [-0.15, -0.1) is 0 Å². The highest BCUT2D eigenvalue weighted by molar-refractivity contribution is 5.94. The largest absolute Gasteiger partial charge is 0.497 e. The van der Waals surface area contributed by atoms with E-state index < -0.39 is 0 Å². The first kappa shape index (κ1) is 14.6. The van der Waals surface area contributed by atoms with Crippen LogP contribution in [0.5, 0.6) is 5.75 Å². The fourth-order valence-electron chi connectivity index (χ4n) is 2.64. The van der Waals surface area contributed by atoms with Gasteiger partial charge in [0.05, 0.1) is 13.2 Å². The van der Waals surface area contributed by atoms with Crippen molar-refractivity contribution in [2.75, 3.05) is 7.11 Å². The van der Waals surface area contributed by atoms with E-state index in [-0.39, 0.29) is 11.9 Å². The third-order valence-electron chi connectivity index (χ3n) is 4.17. The molecule has 1 aliphatic rings. The number of ether oxygens (including phenoxy) is 1.